The molecule has 0 radical (unpaired) electrons. The highest BCUT2D eigenvalue weighted by molar-refractivity contribution is 6.31. The van der Waals surface area contributed by atoms with Crippen molar-refractivity contribution in [1.29, 1.82) is 0 Å². The van der Waals surface area contributed by atoms with Crippen molar-refractivity contribution < 1.29 is 4.79 Å². The molecule has 2 aliphatic rings. The van der Waals surface area contributed by atoms with E-state index >= 15 is 0 Å². The van der Waals surface area contributed by atoms with E-state index in [1.165, 1.54) is 5.69 Å². The van der Waals surface area contributed by atoms with Crippen molar-refractivity contribution in [1.82, 2.24) is 9.88 Å². The number of nitrogens with one attached hydrogen (secondary N) is 2. The molecule has 0 bridgehead atoms. The number of fused-ring (bicyclic) bond motifs is 2. The summed E-state index contributed by atoms with van der Waals surface area (Å²) in [6.07, 6.45) is 2.97. The van der Waals surface area contributed by atoms with Gasteiger partial charge in [-0.3, -0.25) is 4.79 Å². The van der Waals surface area contributed by atoms with Crippen LogP contribution in [0.4, 0.5) is 5.69 Å². The molecule has 5 heteroatoms. The van der Waals surface area contributed by atoms with Crippen LogP contribution < -0.4 is 10.6 Å². The maximum Gasteiger partial charge on any atom is 0.237 e. The molecule has 2 N–H and O–H groups in total. The lowest BCUT2D eigenvalue weighted by Crippen LogP contribution is -2.49. The second kappa shape index (κ2) is 5.86. The van der Waals surface area contributed by atoms with Crippen LogP contribution in [-0.2, 0) is 17.3 Å². The van der Waals surface area contributed by atoms with Gasteiger partial charge in [0.05, 0.1) is 0 Å². The number of aromatic nitrogens is 1. The number of carbonyl (C=O) groups is 1. The van der Waals surface area contributed by atoms with E-state index in [2.05, 4.69) is 61.3 Å². The number of amides is 1. The molecule has 3 heterocycles. The van der Waals surface area contributed by atoms with Crippen LogP contribution in [0.5, 0.6) is 0 Å². The summed E-state index contributed by atoms with van der Waals surface area (Å²) in [5.41, 5.74) is 2.61. The fourth-order valence-electron chi connectivity index (χ4n) is 4.87. The topological polar surface area (TPSA) is 46.1 Å². The molecule has 1 saturated heterocycles. The molecule has 1 spiro atoms. The van der Waals surface area contributed by atoms with Crippen molar-refractivity contribution in [2.45, 2.75) is 44.6 Å². The molecular weight excluding hydrogens is 346 g/mol. The first-order valence-electron chi connectivity index (χ1n) is 9.19. The fraction of sp³-hybridized carbons (Fsp3) is 0.476. The number of nitrogens with zero attached hydrogens (tertiary/aromatic N) is 1. The maximum absolute atomic E-state index is 13.5. The van der Waals surface area contributed by atoms with Gasteiger partial charge in [-0.25, -0.2) is 0 Å². The second-order valence-corrected chi connectivity index (χ2v) is 9.27. The van der Waals surface area contributed by atoms with E-state index in [4.69, 9.17) is 11.6 Å². The third-order valence-electron chi connectivity index (χ3n) is 5.88. The van der Waals surface area contributed by atoms with Crippen LogP contribution in [0.15, 0.2) is 36.5 Å². The zero-order chi connectivity index (χ0) is 18.7. The molecule has 1 fully saturated rings. The Kier molecular flexibility index (Phi) is 3.97. The predicted molar refractivity (Wildman–Crippen MR) is 106 cm³/mol. The summed E-state index contributed by atoms with van der Waals surface area (Å²) in [5, 5.41) is 7.46. The van der Waals surface area contributed by atoms with E-state index in [9.17, 15) is 4.79 Å². The molecule has 26 heavy (non-hydrogen) atoms. The molecule has 1 aromatic heterocycles. The Morgan fingerprint density at radius 2 is 2.08 bits per heavy atom. The third-order valence-corrected chi connectivity index (χ3v) is 6.11. The van der Waals surface area contributed by atoms with Gasteiger partial charge in [-0.1, -0.05) is 38.4 Å². The molecule has 4 nitrogen and oxygen atoms in total. The fourth-order valence-corrected chi connectivity index (χ4v) is 5.04. The molecule has 1 aromatic carbocycles. The molecule has 0 aliphatic carbocycles. The summed E-state index contributed by atoms with van der Waals surface area (Å²) >= 11 is 6.20. The summed E-state index contributed by atoms with van der Waals surface area (Å²) in [6.45, 7) is 7.48. The van der Waals surface area contributed by atoms with Gasteiger partial charge in [0.25, 0.3) is 0 Å². The Morgan fingerprint density at radius 3 is 2.73 bits per heavy atom. The monoisotopic (exact) mass is 371 g/mol. The molecule has 1 amide bonds. The lowest BCUT2D eigenvalue weighted by molar-refractivity contribution is -0.122. The Bertz CT molecular complexity index is 866. The van der Waals surface area contributed by atoms with Crippen LogP contribution in [0.1, 0.15) is 44.4 Å². The minimum atomic E-state index is -0.612. The zero-order valence-corrected chi connectivity index (χ0v) is 16.5. The quantitative estimate of drug-likeness (QED) is 0.836. The summed E-state index contributed by atoms with van der Waals surface area (Å²) < 4.78 is 2.13. The SMILES string of the molecule is Cn1cccc1[C@H]1CN[C@H](CC(C)(C)C)[C@]12C(=O)Nc1cc(Cl)ccc12. The molecule has 0 saturated carbocycles. The smallest absolute Gasteiger partial charge is 0.237 e. The minimum Gasteiger partial charge on any atom is -0.354 e. The lowest BCUT2D eigenvalue weighted by Gasteiger charge is -2.37. The van der Waals surface area contributed by atoms with Gasteiger partial charge < -0.3 is 15.2 Å². The third kappa shape index (κ3) is 2.50. The minimum absolute atomic E-state index is 0.0739. The van der Waals surface area contributed by atoms with Crippen molar-refractivity contribution in [2.24, 2.45) is 12.5 Å². The number of hydrogen-bond acceptors (Lipinski definition) is 2. The van der Waals surface area contributed by atoms with Gasteiger partial charge in [0.1, 0.15) is 5.41 Å². The molecular formula is C21H26ClN3O. The first-order chi connectivity index (χ1) is 12.2. The summed E-state index contributed by atoms with van der Waals surface area (Å²) in [4.78, 5) is 13.5. The van der Waals surface area contributed by atoms with Crippen LogP contribution in [0, 0.1) is 5.41 Å². The zero-order valence-electron chi connectivity index (χ0n) is 15.8. The Balaban J connectivity index is 1.92. The summed E-state index contributed by atoms with van der Waals surface area (Å²) in [7, 11) is 2.05. The number of halogens is 1. The normalized spacial score (nSPS) is 27.8. The molecule has 3 atom stereocenters. The number of aryl methyl sites for hydroxylation is 1. The standard InChI is InChI=1S/C21H26ClN3O/c1-20(2,3)11-18-21(15(12-23-18)17-6-5-9-25(17)4)14-8-7-13(22)10-16(14)24-19(21)26/h5-10,15,18,23H,11-12H2,1-4H3,(H,24,26)/t15-,18-,21-/m1/s1. The highest BCUT2D eigenvalue weighted by atomic mass is 35.5. The number of benzene rings is 1. The first kappa shape index (κ1) is 17.6. The van der Waals surface area contributed by atoms with E-state index in [1.54, 1.807) is 0 Å². The summed E-state index contributed by atoms with van der Waals surface area (Å²) in [6, 6.07) is 10.1. The predicted octanol–water partition coefficient (Wildman–Crippen LogP) is 4.06. The largest absolute Gasteiger partial charge is 0.354 e. The number of anilines is 1. The first-order valence-corrected chi connectivity index (χ1v) is 9.57. The van der Waals surface area contributed by atoms with Crippen molar-refractivity contribution in [2.75, 3.05) is 11.9 Å². The Hall–Kier alpha value is -1.78. The van der Waals surface area contributed by atoms with Crippen LogP contribution in [0.3, 0.4) is 0 Å². The average Bonchev–Trinajstić information content (AvgIpc) is 3.17. The molecule has 138 valence electrons. The van der Waals surface area contributed by atoms with E-state index in [0.29, 0.717) is 5.02 Å². The number of rotatable bonds is 2. The van der Waals surface area contributed by atoms with Gasteiger partial charge in [-0.2, -0.15) is 0 Å². The van der Waals surface area contributed by atoms with Gasteiger partial charge in [-0.05, 0) is 41.7 Å². The van der Waals surface area contributed by atoms with Crippen LogP contribution in [0.25, 0.3) is 0 Å². The summed E-state index contributed by atoms with van der Waals surface area (Å²) in [5.74, 6) is 0.164. The number of hydrogen-bond donors (Lipinski definition) is 2. The molecule has 4 rings (SSSR count). The van der Waals surface area contributed by atoms with Crippen molar-refractivity contribution in [3.05, 3.63) is 52.8 Å². The highest BCUT2D eigenvalue weighted by Gasteiger charge is 2.61. The van der Waals surface area contributed by atoms with Gasteiger partial charge in [0.2, 0.25) is 5.91 Å². The van der Waals surface area contributed by atoms with E-state index in [0.717, 1.165) is 24.2 Å². The molecule has 0 unspecified atom stereocenters. The van der Waals surface area contributed by atoms with E-state index in [-0.39, 0.29) is 23.3 Å². The van der Waals surface area contributed by atoms with Crippen LogP contribution in [0.2, 0.25) is 5.02 Å². The highest BCUT2D eigenvalue weighted by Crippen LogP contribution is 2.54. The van der Waals surface area contributed by atoms with Gasteiger partial charge in [-0.15, -0.1) is 0 Å². The average molecular weight is 372 g/mol. The van der Waals surface area contributed by atoms with Crippen LogP contribution in [-0.4, -0.2) is 23.1 Å². The Labute approximate surface area is 159 Å². The molecule has 2 aromatic rings. The van der Waals surface area contributed by atoms with Gasteiger partial charge >= 0.3 is 0 Å². The van der Waals surface area contributed by atoms with E-state index in [1.807, 2.05) is 18.2 Å². The maximum atomic E-state index is 13.5. The van der Waals surface area contributed by atoms with Crippen molar-refractivity contribution >= 4 is 23.2 Å². The van der Waals surface area contributed by atoms with E-state index < -0.39 is 5.41 Å². The Morgan fingerprint density at radius 1 is 1.31 bits per heavy atom. The lowest BCUT2D eigenvalue weighted by atomic mass is 9.65. The van der Waals surface area contributed by atoms with Gasteiger partial charge in [0.15, 0.2) is 0 Å². The van der Waals surface area contributed by atoms with Gasteiger partial charge in [0, 0.05) is 48.2 Å². The van der Waals surface area contributed by atoms with Crippen LogP contribution >= 0.6 is 11.6 Å². The second-order valence-electron chi connectivity index (χ2n) is 8.84. The number of carbonyl (C=O) groups excluding carboxylic acids is 1. The van der Waals surface area contributed by atoms with Crippen molar-refractivity contribution in [3.8, 4) is 0 Å². The van der Waals surface area contributed by atoms with Crippen molar-refractivity contribution in [3.63, 3.8) is 0 Å². The molecule has 2 aliphatic heterocycles.